The topological polar surface area (TPSA) is 12.0 Å². The van der Waals surface area contributed by atoms with Crippen LogP contribution in [0.4, 0.5) is 10.1 Å². The van der Waals surface area contributed by atoms with E-state index in [9.17, 15) is 4.39 Å². The number of anilines is 1. The molecule has 94 valence electrons. The SMILES string of the molecule is Cc1ccc(CNc2cc(I)ccc2C)cc1F. The standard InChI is InChI=1S/C15H15FIN/c1-10-3-5-12(7-14(10)16)9-18-15-8-13(17)6-4-11(15)2/h3-8,18H,9H2,1-2H3. The summed E-state index contributed by atoms with van der Waals surface area (Å²) in [6, 6.07) is 11.6. The monoisotopic (exact) mass is 355 g/mol. The lowest BCUT2D eigenvalue weighted by Crippen LogP contribution is -2.02. The first kappa shape index (κ1) is 13.3. The number of hydrogen-bond donors (Lipinski definition) is 1. The molecule has 0 saturated heterocycles. The van der Waals surface area contributed by atoms with Crippen LogP contribution in [0.5, 0.6) is 0 Å². The zero-order valence-electron chi connectivity index (χ0n) is 10.4. The quantitative estimate of drug-likeness (QED) is 0.790. The summed E-state index contributed by atoms with van der Waals surface area (Å²) >= 11 is 2.29. The van der Waals surface area contributed by atoms with Gasteiger partial charge in [0.05, 0.1) is 0 Å². The van der Waals surface area contributed by atoms with E-state index in [-0.39, 0.29) is 5.82 Å². The van der Waals surface area contributed by atoms with Gasteiger partial charge in [-0.05, 0) is 71.3 Å². The maximum atomic E-state index is 13.4. The minimum absolute atomic E-state index is 0.145. The van der Waals surface area contributed by atoms with Crippen molar-refractivity contribution < 1.29 is 4.39 Å². The molecule has 0 bridgehead atoms. The van der Waals surface area contributed by atoms with Gasteiger partial charge in [0.15, 0.2) is 0 Å². The van der Waals surface area contributed by atoms with Gasteiger partial charge in [0, 0.05) is 15.8 Å². The Kier molecular flexibility index (Phi) is 4.22. The third-order valence-corrected chi connectivity index (χ3v) is 3.59. The Hall–Kier alpha value is -1.10. The molecule has 0 heterocycles. The van der Waals surface area contributed by atoms with Crippen molar-refractivity contribution >= 4 is 28.3 Å². The van der Waals surface area contributed by atoms with Crippen LogP contribution in [0.25, 0.3) is 0 Å². The number of halogens is 2. The molecule has 18 heavy (non-hydrogen) atoms. The van der Waals surface area contributed by atoms with Crippen LogP contribution >= 0.6 is 22.6 Å². The van der Waals surface area contributed by atoms with Crippen LogP contribution in [0, 0.1) is 23.2 Å². The van der Waals surface area contributed by atoms with Crippen LogP contribution in [-0.2, 0) is 6.54 Å². The molecule has 2 aromatic carbocycles. The van der Waals surface area contributed by atoms with Gasteiger partial charge < -0.3 is 5.32 Å². The summed E-state index contributed by atoms with van der Waals surface area (Å²) in [5.41, 5.74) is 3.94. The van der Waals surface area contributed by atoms with Crippen molar-refractivity contribution in [1.82, 2.24) is 0 Å². The average Bonchev–Trinajstić information content (AvgIpc) is 2.34. The lowest BCUT2D eigenvalue weighted by Gasteiger charge is -2.10. The van der Waals surface area contributed by atoms with Gasteiger partial charge in [-0.25, -0.2) is 4.39 Å². The maximum absolute atomic E-state index is 13.4. The number of benzene rings is 2. The van der Waals surface area contributed by atoms with Crippen molar-refractivity contribution in [1.29, 1.82) is 0 Å². The molecular formula is C15H15FIN. The fourth-order valence-electron chi connectivity index (χ4n) is 1.73. The molecule has 0 fully saturated rings. The lowest BCUT2D eigenvalue weighted by molar-refractivity contribution is 0.616. The minimum atomic E-state index is -0.145. The predicted molar refractivity (Wildman–Crippen MR) is 82.4 cm³/mol. The highest BCUT2D eigenvalue weighted by Gasteiger charge is 2.02. The highest BCUT2D eigenvalue weighted by atomic mass is 127. The normalized spacial score (nSPS) is 10.4. The Balaban J connectivity index is 2.11. The van der Waals surface area contributed by atoms with Gasteiger partial charge in [-0.1, -0.05) is 18.2 Å². The zero-order valence-corrected chi connectivity index (χ0v) is 12.6. The molecule has 0 amide bonds. The Morgan fingerprint density at radius 1 is 1.06 bits per heavy atom. The van der Waals surface area contributed by atoms with Gasteiger partial charge >= 0.3 is 0 Å². The van der Waals surface area contributed by atoms with Gasteiger partial charge in [0.2, 0.25) is 0 Å². The van der Waals surface area contributed by atoms with Crippen molar-refractivity contribution in [2.75, 3.05) is 5.32 Å². The minimum Gasteiger partial charge on any atom is -0.381 e. The molecule has 2 aromatic rings. The van der Waals surface area contributed by atoms with Crippen LogP contribution in [-0.4, -0.2) is 0 Å². The van der Waals surface area contributed by atoms with Crippen LogP contribution in [0.2, 0.25) is 0 Å². The molecular weight excluding hydrogens is 340 g/mol. The fraction of sp³-hybridized carbons (Fsp3) is 0.200. The molecule has 0 atom stereocenters. The summed E-state index contributed by atoms with van der Waals surface area (Å²) in [4.78, 5) is 0. The number of aryl methyl sites for hydroxylation is 2. The first-order valence-corrected chi connectivity index (χ1v) is 6.89. The molecule has 0 aliphatic carbocycles. The van der Waals surface area contributed by atoms with Gasteiger partial charge in [-0.2, -0.15) is 0 Å². The summed E-state index contributed by atoms with van der Waals surface area (Å²) in [6.45, 7) is 4.47. The molecule has 1 nitrogen and oxygen atoms in total. The van der Waals surface area contributed by atoms with E-state index < -0.39 is 0 Å². The van der Waals surface area contributed by atoms with Crippen molar-refractivity contribution in [3.05, 3.63) is 62.5 Å². The fourth-order valence-corrected chi connectivity index (χ4v) is 2.22. The van der Waals surface area contributed by atoms with E-state index >= 15 is 0 Å². The Morgan fingerprint density at radius 3 is 2.50 bits per heavy atom. The molecule has 0 spiro atoms. The number of hydrogen-bond acceptors (Lipinski definition) is 1. The van der Waals surface area contributed by atoms with Gasteiger partial charge in [-0.15, -0.1) is 0 Å². The molecule has 2 rings (SSSR count). The highest BCUT2D eigenvalue weighted by Crippen LogP contribution is 2.19. The molecule has 0 aliphatic rings. The number of rotatable bonds is 3. The van der Waals surface area contributed by atoms with E-state index in [1.54, 1.807) is 13.0 Å². The second-order valence-electron chi connectivity index (χ2n) is 4.40. The van der Waals surface area contributed by atoms with E-state index in [4.69, 9.17) is 0 Å². The number of nitrogens with one attached hydrogen (secondary N) is 1. The summed E-state index contributed by atoms with van der Waals surface area (Å²) in [5, 5.41) is 3.35. The van der Waals surface area contributed by atoms with Crippen molar-refractivity contribution in [2.24, 2.45) is 0 Å². The van der Waals surface area contributed by atoms with E-state index in [0.29, 0.717) is 12.1 Å². The zero-order chi connectivity index (χ0) is 13.1. The predicted octanol–water partition coefficient (Wildman–Crippen LogP) is 4.66. The van der Waals surface area contributed by atoms with Gasteiger partial charge in [-0.3, -0.25) is 0 Å². The van der Waals surface area contributed by atoms with Crippen LogP contribution in [0.1, 0.15) is 16.7 Å². The molecule has 0 aromatic heterocycles. The maximum Gasteiger partial charge on any atom is 0.126 e. The average molecular weight is 355 g/mol. The third-order valence-electron chi connectivity index (χ3n) is 2.92. The Labute approximate surface area is 121 Å². The van der Waals surface area contributed by atoms with Gasteiger partial charge in [0.1, 0.15) is 5.82 Å². The van der Waals surface area contributed by atoms with Gasteiger partial charge in [0.25, 0.3) is 0 Å². The van der Waals surface area contributed by atoms with Crippen molar-refractivity contribution in [3.63, 3.8) is 0 Å². The Bertz CT molecular complexity index is 566. The molecule has 3 heteroatoms. The Morgan fingerprint density at radius 2 is 1.78 bits per heavy atom. The van der Waals surface area contributed by atoms with Crippen LogP contribution < -0.4 is 5.32 Å². The highest BCUT2D eigenvalue weighted by molar-refractivity contribution is 14.1. The molecule has 1 N–H and O–H groups in total. The molecule has 0 aliphatic heterocycles. The smallest absolute Gasteiger partial charge is 0.126 e. The van der Waals surface area contributed by atoms with E-state index in [1.807, 2.05) is 12.1 Å². The molecule has 0 radical (unpaired) electrons. The lowest BCUT2D eigenvalue weighted by atomic mass is 10.1. The van der Waals surface area contributed by atoms with E-state index in [1.165, 1.54) is 9.13 Å². The van der Waals surface area contributed by atoms with Crippen molar-refractivity contribution in [2.45, 2.75) is 20.4 Å². The molecule has 0 saturated carbocycles. The second-order valence-corrected chi connectivity index (χ2v) is 5.64. The summed E-state index contributed by atoms with van der Waals surface area (Å²) in [5.74, 6) is -0.145. The largest absolute Gasteiger partial charge is 0.381 e. The molecule has 0 unspecified atom stereocenters. The summed E-state index contributed by atoms with van der Waals surface area (Å²) < 4.78 is 14.6. The first-order chi connectivity index (χ1) is 8.56. The van der Waals surface area contributed by atoms with E-state index in [2.05, 4.69) is 53.0 Å². The van der Waals surface area contributed by atoms with Crippen LogP contribution in [0.15, 0.2) is 36.4 Å². The second kappa shape index (κ2) is 5.69. The summed E-state index contributed by atoms with van der Waals surface area (Å²) in [6.07, 6.45) is 0. The third kappa shape index (κ3) is 3.22. The van der Waals surface area contributed by atoms with Crippen molar-refractivity contribution in [3.8, 4) is 0 Å². The van der Waals surface area contributed by atoms with Crippen LogP contribution in [0.3, 0.4) is 0 Å². The summed E-state index contributed by atoms with van der Waals surface area (Å²) in [7, 11) is 0. The van der Waals surface area contributed by atoms with E-state index in [0.717, 1.165) is 11.3 Å². The first-order valence-electron chi connectivity index (χ1n) is 5.81.